The van der Waals surface area contributed by atoms with Crippen LogP contribution in [0.3, 0.4) is 0 Å². The largest absolute Gasteiger partial charge is 0.369 e. The zero-order valence-electron chi connectivity index (χ0n) is 8.77. The molecule has 2 aromatic heterocycles. The number of hydrogen-bond acceptors (Lipinski definition) is 4. The molecule has 0 aliphatic rings. The summed E-state index contributed by atoms with van der Waals surface area (Å²) in [5, 5.41) is 8.51. The van der Waals surface area contributed by atoms with Crippen LogP contribution in [0, 0.1) is 0 Å². The summed E-state index contributed by atoms with van der Waals surface area (Å²) in [6, 6.07) is 1.95. The topological polar surface area (TPSA) is 68.8 Å². The predicted octanol–water partition coefficient (Wildman–Crippen LogP) is 0.729. The summed E-state index contributed by atoms with van der Waals surface area (Å²) in [5.74, 6) is 0.883. The maximum absolute atomic E-state index is 5.43. The van der Waals surface area contributed by atoms with Crippen molar-refractivity contribution >= 4 is 16.7 Å². The Morgan fingerprint density at radius 1 is 1.53 bits per heavy atom. The van der Waals surface area contributed by atoms with Crippen LogP contribution >= 0.6 is 0 Å². The Morgan fingerprint density at radius 3 is 3.20 bits per heavy atom. The van der Waals surface area contributed by atoms with E-state index < -0.39 is 0 Å². The fourth-order valence-electron chi connectivity index (χ4n) is 1.53. The van der Waals surface area contributed by atoms with E-state index in [0.717, 1.165) is 29.7 Å². The van der Waals surface area contributed by atoms with Gasteiger partial charge in [-0.15, -0.1) is 0 Å². The number of fused-ring (bicyclic) bond motifs is 1. The van der Waals surface area contributed by atoms with Gasteiger partial charge in [0, 0.05) is 19.8 Å². The van der Waals surface area contributed by atoms with Crippen LogP contribution in [0.5, 0.6) is 0 Å². The van der Waals surface area contributed by atoms with Gasteiger partial charge in [-0.05, 0) is 19.0 Å². The minimum atomic E-state index is 0.690. The number of pyridine rings is 1. The summed E-state index contributed by atoms with van der Waals surface area (Å²) in [6.45, 7) is 1.54. The van der Waals surface area contributed by atoms with E-state index in [0.29, 0.717) is 6.54 Å². The molecular formula is C10H15N5. The van der Waals surface area contributed by atoms with Crippen molar-refractivity contribution in [3.8, 4) is 0 Å². The van der Waals surface area contributed by atoms with Crippen LogP contribution < -0.4 is 11.1 Å². The number of anilines is 1. The summed E-state index contributed by atoms with van der Waals surface area (Å²) in [4.78, 5) is 4.29. The Labute approximate surface area is 88.3 Å². The molecule has 2 heterocycles. The molecule has 0 fully saturated rings. The number of aryl methyl sites for hydroxylation is 1. The molecule has 5 heteroatoms. The van der Waals surface area contributed by atoms with Crippen molar-refractivity contribution in [2.75, 3.05) is 18.4 Å². The molecular weight excluding hydrogens is 190 g/mol. The van der Waals surface area contributed by atoms with E-state index >= 15 is 0 Å². The summed E-state index contributed by atoms with van der Waals surface area (Å²) in [6.07, 6.45) is 4.56. The first-order chi connectivity index (χ1) is 7.33. The summed E-state index contributed by atoms with van der Waals surface area (Å²) in [7, 11) is 1.92. The molecule has 5 nitrogen and oxygen atoms in total. The van der Waals surface area contributed by atoms with E-state index in [2.05, 4.69) is 15.4 Å². The second-order valence-electron chi connectivity index (χ2n) is 3.43. The van der Waals surface area contributed by atoms with Gasteiger partial charge in [-0.2, -0.15) is 5.10 Å². The monoisotopic (exact) mass is 205 g/mol. The summed E-state index contributed by atoms with van der Waals surface area (Å²) < 4.78 is 1.84. The van der Waals surface area contributed by atoms with Crippen molar-refractivity contribution in [2.24, 2.45) is 12.8 Å². The molecule has 0 amide bonds. The van der Waals surface area contributed by atoms with Gasteiger partial charge in [-0.1, -0.05) is 0 Å². The minimum Gasteiger partial charge on any atom is -0.369 e. The number of hydrogen-bond donors (Lipinski definition) is 2. The third-order valence-electron chi connectivity index (χ3n) is 2.35. The van der Waals surface area contributed by atoms with Crippen LogP contribution in [0.2, 0.25) is 0 Å². The molecule has 0 aromatic carbocycles. The number of nitrogens with one attached hydrogen (secondary N) is 1. The Hall–Kier alpha value is -1.62. The van der Waals surface area contributed by atoms with Crippen molar-refractivity contribution < 1.29 is 0 Å². The molecule has 2 rings (SSSR count). The van der Waals surface area contributed by atoms with Gasteiger partial charge < -0.3 is 11.1 Å². The maximum atomic E-state index is 5.43. The fourth-order valence-corrected chi connectivity index (χ4v) is 1.53. The molecule has 0 saturated carbocycles. The van der Waals surface area contributed by atoms with Crippen molar-refractivity contribution in [3.63, 3.8) is 0 Å². The van der Waals surface area contributed by atoms with Crippen molar-refractivity contribution in [1.29, 1.82) is 0 Å². The first-order valence-corrected chi connectivity index (χ1v) is 5.03. The molecule has 2 aromatic rings. The second-order valence-corrected chi connectivity index (χ2v) is 3.43. The van der Waals surface area contributed by atoms with E-state index in [1.807, 2.05) is 24.0 Å². The molecule has 0 spiro atoms. The number of aromatic nitrogens is 3. The first kappa shape index (κ1) is 9.92. The normalized spacial score (nSPS) is 10.8. The molecule has 0 aliphatic heterocycles. The van der Waals surface area contributed by atoms with Gasteiger partial charge in [-0.3, -0.25) is 4.68 Å². The highest BCUT2D eigenvalue weighted by Crippen LogP contribution is 2.19. The van der Waals surface area contributed by atoms with Crippen LogP contribution in [-0.4, -0.2) is 27.9 Å². The van der Waals surface area contributed by atoms with Gasteiger partial charge in [0.15, 0.2) is 0 Å². The van der Waals surface area contributed by atoms with Crippen molar-refractivity contribution in [2.45, 2.75) is 6.42 Å². The Bertz CT molecular complexity index is 448. The highest BCUT2D eigenvalue weighted by molar-refractivity contribution is 5.88. The predicted molar refractivity (Wildman–Crippen MR) is 60.7 cm³/mol. The van der Waals surface area contributed by atoms with E-state index in [9.17, 15) is 0 Å². The standard InChI is InChI=1S/C10H15N5/c1-15-9-3-6-13-10(8(9)7-14-15)12-5-2-4-11/h3,6-7H,2,4-5,11H2,1H3,(H,12,13). The third kappa shape index (κ3) is 1.92. The molecule has 0 saturated heterocycles. The lowest BCUT2D eigenvalue weighted by Crippen LogP contribution is -2.09. The smallest absolute Gasteiger partial charge is 0.137 e. The van der Waals surface area contributed by atoms with Crippen LogP contribution in [0.1, 0.15) is 6.42 Å². The Balaban J connectivity index is 2.26. The number of nitrogens with two attached hydrogens (primary N) is 1. The SMILES string of the molecule is Cn1ncc2c(NCCCN)nccc21. The molecule has 0 unspecified atom stereocenters. The van der Waals surface area contributed by atoms with Gasteiger partial charge in [0.05, 0.1) is 17.1 Å². The molecule has 15 heavy (non-hydrogen) atoms. The van der Waals surface area contributed by atoms with Crippen molar-refractivity contribution in [3.05, 3.63) is 18.5 Å². The molecule has 0 aliphatic carbocycles. The van der Waals surface area contributed by atoms with Crippen LogP contribution in [0.25, 0.3) is 10.9 Å². The summed E-state index contributed by atoms with van der Waals surface area (Å²) in [5.41, 5.74) is 6.52. The molecule has 0 bridgehead atoms. The first-order valence-electron chi connectivity index (χ1n) is 5.03. The fraction of sp³-hybridized carbons (Fsp3) is 0.400. The lowest BCUT2D eigenvalue weighted by Gasteiger charge is -2.05. The molecule has 80 valence electrons. The van der Waals surface area contributed by atoms with E-state index in [1.165, 1.54) is 0 Å². The lowest BCUT2D eigenvalue weighted by atomic mass is 10.3. The lowest BCUT2D eigenvalue weighted by molar-refractivity contribution is 0.797. The quantitative estimate of drug-likeness (QED) is 0.722. The number of nitrogens with zero attached hydrogens (tertiary/aromatic N) is 3. The van der Waals surface area contributed by atoms with E-state index in [-0.39, 0.29) is 0 Å². The zero-order valence-corrected chi connectivity index (χ0v) is 8.77. The van der Waals surface area contributed by atoms with Gasteiger partial charge in [0.2, 0.25) is 0 Å². The van der Waals surface area contributed by atoms with Crippen molar-refractivity contribution in [1.82, 2.24) is 14.8 Å². The minimum absolute atomic E-state index is 0.690. The van der Waals surface area contributed by atoms with Crippen LogP contribution in [-0.2, 0) is 7.05 Å². The van der Waals surface area contributed by atoms with Crippen LogP contribution in [0.15, 0.2) is 18.5 Å². The Morgan fingerprint density at radius 2 is 2.40 bits per heavy atom. The van der Waals surface area contributed by atoms with Crippen LogP contribution in [0.4, 0.5) is 5.82 Å². The van der Waals surface area contributed by atoms with E-state index in [4.69, 9.17) is 5.73 Å². The van der Waals surface area contributed by atoms with Gasteiger partial charge in [0.1, 0.15) is 5.82 Å². The van der Waals surface area contributed by atoms with E-state index in [1.54, 1.807) is 6.20 Å². The van der Waals surface area contributed by atoms with Gasteiger partial charge >= 0.3 is 0 Å². The Kier molecular flexibility index (Phi) is 2.82. The molecule has 0 atom stereocenters. The highest BCUT2D eigenvalue weighted by atomic mass is 15.3. The average Bonchev–Trinajstić information content (AvgIpc) is 2.62. The van der Waals surface area contributed by atoms with Gasteiger partial charge in [0.25, 0.3) is 0 Å². The molecule has 0 radical (unpaired) electrons. The zero-order chi connectivity index (χ0) is 10.7. The molecule has 3 N–H and O–H groups in total. The number of rotatable bonds is 4. The second kappa shape index (κ2) is 4.27. The third-order valence-corrected chi connectivity index (χ3v) is 2.35. The average molecular weight is 205 g/mol. The summed E-state index contributed by atoms with van der Waals surface area (Å²) >= 11 is 0. The van der Waals surface area contributed by atoms with Gasteiger partial charge in [-0.25, -0.2) is 4.98 Å². The highest BCUT2D eigenvalue weighted by Gasteiger charge is 2.04. The maximum Gasteiger partial charge on any atom is 0.137 e.